The first-order valence-electron chi connectivity index (χ1n) is 6.52. The third kappa shape index (κ3) is 2.82. The van der Waals surface area contributed by atoms with E-state index in [0.29, 0.717) is 11.6 Å². The van der Waals surface area contributed by atoms with E-state index in [1.165, 1.54) is 12.5 Å². The van der Waals surface area contributed by atoms with E-state index in [-0.39, 0.29) is 22.9 Å². The van der Waals surface area contributed by atoms with Gasteiger partial charge in [-0.1, -0.05) is 29.8 Å². The number of carbonyl (C=O) groups excluding carboxylic acids is 1. The van der Waals surface area contributed by atoms with Crippen molar-refractivity contribution < 1.29 is 4.79 Å². The average Bonchev–Trinajstić information content (AvgIpc) is 2.98. The molecule has 0 saturated heterocycles. The molecule has 0 spiro atoms. The SMILES string of the molecule is Nc1ncncc1C(=O)c1ccn(Cc2ccccc2Cl)n1. The molecule has 0 aliphatic carbocycles. The third-order valence-electron chi connectivity index (χ3n) is 3.15. The summed E-state index contributed by atoms with van der Waals surface area (Å²) in [6, 6.07) is 9.12. The topological polar surface area (TPSA) is 86.7 Å². The monoisotopic (exact) mass is 313 g/mol. The Kier molecular flexibility index (Phi) is 3.84. The van der Waals surface area contributed by atoms with Crippen molar-refractivity contribution >= 4 is 23.2 Å². The number of carbonyl (C=O) groups is 1. The molecule has 0 unspecified atom stereocenters. The van der Waals surface area contributed by atoms with E-state index in [1.54, 1.807) is 16.9 Å². The smallest absolute Gasteiger partial charge is 0.218 e. The molecule has 0 aliphatic rings. The zero-order valence-electron chi connectivity index (χ0n) is 11.5. The van der Waals surface area contributed by atoms with Gasteiger partial charge in [0.15, 0.2) is 0 Å². The number of halogens is 1. The minimum atomic E-state index is -0.309. The van der Waals surface area contributed by atoms with Crippen LogP contribution in [0.3, 0.4) is 0 Å². The van der Waals surface area contributed by atoms with Crippen LogP contribution in [0.5, 0.6) is 0 Å². The quantitative estimate of drug-likeness (QED) is 0.746. The van der Waals surface area contributed by atoms with Crippen molar-refractivity contribution in [2.45, 2.75) is 6.54 Å². The zero-order valence-corrected chi connectivity index (χ0v) is 12.2. The molecule has 0 fully saturated rings. The number of nitrogens with zero attached hydrogens (tertiary/aromatic N) is 4. The molecule has 0 amide bonds. The highest BCUT2D eigenvalue weighted by Crippen LogP contribution is 2.17. The number of nitrogen functional groups attached to an aromatic ring is 1. The van der Waals surface area contributed by atoms with Crippen molar-refractivity contribution in [3.05, 3.63) is 70.9 Å². The number of anilines is 1. The van der Waals surface area contributed by atoms with Gasteiger partial charge in [-0.25, -0.2) is 9.97 Å². The van der Waals surface area contributed by atoms with E-state index < -0.39 is 0 Å². The first kappa shape index (κ1) is 14.2. The van der Waals surface area contributed by atoms with Gasteiger partial charge >= 0.3 is 0 Å². The molecule has 0 aliphatic heterocycles. The Labute approximate surface area is 131 Å². The number of rotatable bonds is 4. The second-order valence-corrected chi connectivity index (χ2v) is 5.05. The molecule has 2 N–H and O–H groups in total. The van der Waals surface area contributed by atoms with Crippen molar-refractivity contribution in [2.75, 3.05) is 5.73 Å². The van der Waals surface area contributed by atoms with Crippen molar-refractivity contribution in [3.63, 3.8) is 0 Å². The van der Waals surface area contributed by atoms with E-state index >= 15 is 0 Å². The molecular weight excluding hydrogens is 302 g/mol. The molecule has 0 saturated carbocycles. The standard InChI is InChI=1S/C15H12ClN5O/c16-12-4-2-1-3-10(12)8-21-6-5-13(20-21)14(22)11-7-18-9-19-15(11)17/h1-7,9H,8H2,(H2,17,18,19). The Morgan fingerprint density at radius 2 is 2.09 bits per heavy atom. The normalized spacial score (nSPS) is 10.6. The first-order valence-corrected chi connectivity index (χ1v) is 6.90. The van der Waals surface area contributed by atoms with Crippen LogP contribution in [0.15, 0.2) is 49.1 Å². The molecule has 1 aromatic carbocycles. The average molecular weight is 314 g/mol. The van der Waals surface area contributed by atoms with Gasteiger partial charge in [0, 0.05) is 17.4 Å². The molecule has 0 radical (unpaired) electrons. The van der Waals surface area contributed by atoms with Crippen molar-refractivity contribution in [3.8, 4) is 0 Å². The van der Waals surface area contributed by atoms with Crippen molar-refractivity contribution in [2.24, 2.45) is 0 Å². The highest BCUT2D eigenvalue weighted by Gasteiger charge is 2.16. The minimum Gasteiger partial charge on any atom is -0.383 e. The molecule has 0 atom stereocenters. The van der Waals surface area contributed by atoms with Crippen LogP contribution in [0.4, 0.5) is 5.82 Å². The first-order chi connectivity index (χ1) is 10.6. The van der Waals surface area contributed by atoms with Crippen LogP contribution in [0.2, 0.25) is 5.02 Å². The molecule has 3 aromatic rings. The van der Waals surface area contributed by atoms with Gasteiger partial charge in [0.1, 0.15) is 17.8 Å². The lowest BCUT2D eigenvalue weighted by molar-refractivity contribution is 0.103. The Hall–Kier alpha value is -2.73. The summed E-state index contributed by atoms with van der Waals surface area (Å²) in [5.74, 6) is -0.170. The van der Waals surface area contributed by atoms with Gasteiger partial charge in [-0.2, -0.15) is 5.10 Å². The lowest BCUT2D eigenvalue weighted by atomic mass is 10.1. The summed E-state index contributed by atoms with van der Waals surface area (Å²) in [6.07, 6.45) is 4.40. The molecule has 2 heterocycles. The van der Waals surface area contributed by atoms with E-state index in [9.17, 15) is 4.79 Å². The van der Waals surface area contributed by atoms with E-state index in [4.69, 9.17) is 17.3 Å². The van der Waals surface area contributed by atoms with Gasteiger partial charge in [0.25, 0.3) is 0 Å². The fraction of sp³-hybridized carbons (Fsp3) is 0.0667. The minimum absolute atomic E-state index is 0.139. The van der Waals surface area contributed by atoms with Gasteiger partial charge in [-0.15, -0.1) is 0 Å². The summed E-state index contributed by atoms with van der Waals surface area (Å²) < 4.78 is 1.65. The highest BCUT2D eigenvalue weighted by molar-refractivity contribution is 6.31. The Balaban J connectivity index is 1.84. The Morgan fingerprint density at radius 1 is 1.27 bits per heavy atom. The maximum atomic E-state index is 12.3. The van der Waals surface area contributed by atoms with Gasteiger partial charge in [0.2, 0.25) is 5.78 Å². The Bertz CT molecular complexity index is 830. The molecule has 7 heteroatoms. The van der Waals surface area contributed by atoms with Crippen LogP contribution in [0, 0.1) is 0 Å². The second-order valence-electron chi connectivity index (χ2n) is 4.64. The lowest BCUT2D eigenvalue weighted by Gasteiger charge is -2.04. The van der Waals surface area contributed by atoms with Crippen molar-refractivity contribution in [1.29, 1.82) is 0 Å². The molecular formula is C15H12ClN5O. The molecule has 3 rings (SSSR count). The van der Waals surface area contributed by atoms with E-state index in [1.807, 2.05) is 24.3 Å². The van der Waals surface area contributed by atoms with Gasteiger partial charge in [-0.3, -0.25) is 9.48 Å². The second kappa shape index (κ2) is 5.95. The molecule has 22 heavy (non-hydrogen) atoms. The largest absolute Gasteiger partial charge is 0.383 e. The Morgan fingerprint density at radius 3 is 2.86 bits per heavy atom. The number of benzene rings is 1. The summed E-state index contributed by atoms with van der Waals surface area (Å²) in [6.45, 7) is 0.480. The van der Waals surface area contributed by atoms with Gasteiger partial charge < -0.3 is 5.73 Å². The maximum absolute atomic E-state index is 12.3. The highest BCUT2D eigenvalue weighted by atomic mass is 35.5. The number of hydrogen-bond acceptors (Lipinski definition) is 5. The lowest BCUT2D eigenvalue weighted by Crippen LogP contribution is -2.09. The number of ketones is 1. The summed E-state index contributed by atoms with van der Waals surface area (Å²) >= 11 is 6.12. The van der Waals surface area contributed by atoms with Crippen LogP contribution in [0.1, 0.15) is 21.6 Å². The van der Waals surface area contributed by atoms with E-state index in [0.717, 1.165) is 5.56 Å². The van der Waals surface area contributed by atoms with Crippen LogP contribution in [-0.2, 0) is 6.54 Å². The predicted molar refractivity (Wildman–Crippen MR) is 82.7 cm³/mol. The molecule has 110 valence electrons. The number of hydrogen-bond donors (Lipinski definition) is 1. The summed E-state index contributed by atoms with van der Waals surface area (Å²) in [4.78, 5) is 20.0. The zero-order chi connectivity index (χ0) is 15.5. The molecule has 2 aromatic heterocycles. The van der Waals surface area contributed by atoms with E-state index in [2.05, 4.69) is 15.1 Å². The van der Waals surface area contributed by atoms with Crippen LogP contribution >= 0.6 is 11.6 Å². The van der Waals surface area contributed by atoms with Crippen LogP contribution in [0.25, 0.3) is 0 Å². The summed E-state index contributed by atoms with van der Waals surface area (Å²) in [5.41, 5.74) is 7.14. The summed E-state index contributed by atoms with van der Waals surface area (Å²) in [5, 5.41) is 4.92. The fourth-order valence-electron chi connectivity index (χ4n) is 2.02. The van der Waals surface area contributed by atoms with Crippen LogP contribution in [-0.4, -0.2) is 25.5 Å². The summed E-state index contributed by atoms with van der Waals surface area (Å²) in [7, 11) is 0. The third-order valence-corrected chi connectivity index (χ3v) is 3.52. The molecule has 6 nitrogen and oxygen atoms in total. The number of aromatic nitrogens is 4. The van der Waals surface area contributed by atoms with Crippen molar-refractivity contribution in [1.82, 2.24) is 19.7 Å². The molecule has 0 bridgehead atoms. The maximum Gasteiger partial charge on any atom is 0.218 e. The van der Waals surface area contributed by atoms with Gasteiger partial charge in [-0.05, 0) is 17.7 Å². The van der Waals surface area contributed by atoms with Gasteiger partial charge in [0.05, 0.1) is 12.1 Å². The predicted octanol–water partition coefficient (Wildman–Crippen LogP) is 2.19. The fourth-order valence-corrected chi connectivity index (χ4v) is 2.22. The van der Waals surface area contributed by atoms with Crippen LogP contribution < -0.4 is 5.73 Å². The number of nitrogens with two attached hydrogens (primary N) is 1.